The summed E-state index contributed by atoms with van der Waals surface area (Å²) in [5.74, 6) is 0. The fourth-order valence-corrected chi connectivity index (χ4v) is 1.99. The van der Waals surface area contributed by atoms with Gasteiger partial charge in [0.25, 0.3) is 0 Å². The van der Waals surface area contributed by atoms with Gasteiger partial charge in [0, 0.05) is 19.7 Å². The van der Waals surface area contributed by atoms with E-state index in [4.69, 9.17) is 4.74 Å². The number of hydrogen-bond donors (Lipinski definition) is 2. The molecule has 1 aromatic carbocycles. The fourth-order valence-electron chi connectivity index (χ4n) is 1.99. The first-order valence-corrected chi connectivity index (χ1v) is 6.02. The number of rotatable bonds is 6. The summed E-state index contributed by atoms with van der Waals surface area (Å²) in [6.45, 7) is 7.23. The molecule has 0 saturated heterocycles. The molecule has 0 radical (unpaired) electrons. The van der Waals surface area contributed by atoms with Gasteiger partial charge in [-0.1, -0.05) is 23.8 Å². The van der Waals surface area contributed by atoms with Crippen molar-refractivity contribution in [1.29, 1.82) is 0 Å². The lowest BCUT2D eigenvalue weighted by Crippen LogP contribution is -2.32. The Hall–Kier alpha value is -0.900. The number of benzene rings is 1. The molecule has 0 bridgehead atoms. The summed E-state index contributed by atoms with van der Waals surface area (Å²) in [4.78, 5) is 0. The number of nitrogens with one attached hydrogen (secondary N) is 1. The zero-order valence-corrected chi connectivity index (χ0v) is 11.2. The van der Waals surface area contributed by atoms with Gasteiger partial charge in [-0.2, -0.15) is 0 Å². The second kappa shape index (κ2) is 6.74. The number of aliphatic hydroxyl groups excluding tert-OH is 1. The highest BCUT2D eigenvalue weighted by atomic mass is 16.5. The van der Waals surface area contributed by atoms with Gasteiger partial charge in [-0.05, 0) is 31.9 Å². The van der Waals surface area contributed by atoms with Gasteiger partial charge in [0.05, 0.1) is 12.7 Å². The maximum Gasteiger partial charge on any atom is 0.0897 e. The molecule has 2 unspecified atom stereocenters. The molecule has 1 aromatic rings. The summed E-state index contributed by atoms with van der Waals surface area (Å²) >= 11 is 0. The molecule has 0 heterocycles. The Morgan fingerprint density at radius 1 is 1.35 bits per heavy atom. The van der Waals surface area contributed by atoms with E-state index in [1.54, 1.807) is 7.11 Å². The first kappa shape index (κ1) is 14.2. The minimum atomic E-state index is -0.451. The number of ether oxygens (including phenoxy) is 1. The van der Waals surface area contributed by atoms with Crippen LogP contribution >= 0.6 is 0 Å². The molecule has 2 atom stereocenters. The molecule has 2 N–H and O–H groups in total. The minimum absolute atomic E-state index is 0.238. The predicted octanol–water partition coefficient (Wildman–Crippen LogP) is 1.96. The van der Waals surface area contributed by atoms with Crippen LogP contribution in [0.25, 0.3) is 0 Å². The lowest BCUT2D eigenvalue weighted by molar-refractivity contribution is 0.0630. The van der Waals surface area contributed by atoms with Crippen LogP contribution in [0, 0.1) is 13.8 Å². The third-order valence-electron chi connectivity index (χ3n) is 2.91. The second-order valence-corrected chi connectivity index (χ2v) is 4.60. The first-order valence-electron chi connectivity index (χ1n) is 6.02. The predicted molar refractivity (Wildman–Crippen MR) is 70.2 cm³/mol. The monoisotopic (exact) mass is 237 g/mol. The minimum Gasteiger partial charge on any atom is -0.389 e. The normalized spacial score (nSPS) is 14.6. The summed E-state index contributed by atoms with van der Waals surface area (Å²) < 4.78 is 4.89. The molecule has 1 rings (SSSR count). The summed E-state index contributed by atoms with van der Waals surface area (Å²) in [7, 11) is 1.59. The van der Waals surface area contributed by atoms with Crippen LogP contribution in [0.5, 0.6) is 0 Å². The van der Waals surface area contributed by atoms with Crippen LogP contribution < -0.4 is 5.32 Å². The molecule has 0 spiro atoms. The Balaban J connectivity index is 2.54. The van der Waals surface area contributed by atoms with Crippen molar-refractivity contribution < 1.29 is 9.84 Å². The molecule has 17 heavy (non-hydrogen) atoms. The van der Waals surface area contributed by atoms with Crippen LogP contribution in [0.15, 0.2) is 18.2 Å². The van der Waals surface area contributed by atoms with Crippen LogP contribution in [0.3, 0.4) is 0 Å². The van der Waals surface area contributed by atoms with Gasteiger partial charge >= 0.3 is 0 Å². The maximum absolute atomic E-state index is 9.57. The fraction of sp³-hybridized carbons (Fsp3) is 0.571. The molecular formula is C14H23NO2. The average Bonchev–Trinajstić information content (AvgIpc) is 2.26. The van der Waals surface area contributed by atoms with Crippen molar-refractivity contribution in [3.05, 3.63) is 34.9 Å². The Labute approximate surface area is 104 Å². The van der Waals surface area contributed by atoms with Crippen molar-refractivity contribution in [3.63, 3.8) is 0 Å². The molecule has 0 aromatic heterocycles. The van der Waals surface area contributed by atoms with E-state index in [0.717, 1.165) is 0 Å². The Morgan fingerprint density at radius 3 is 2.65 bits per heavy atom. The molecule has 0 aliphatic rings. The summed E-state index contributed by atoms with van der Waals surface area (Å²) in [6.07, 6.45) is -0.451. The van der Waals surface area contributed by atoms with E-state index in [1.165, 1.54) is 16.7 Å². The lowest BCUT2D eigenvalue weighted by Gasteiger charge is -2.19. The zero-order valence-electron chi connectivity index (χ0n) is 11.2. The molecule has 0 aliphatic heterocycles. The van der Waals surface area contributed by atoms with E-state index in [2.05, 4.69) is 44.3 Å². The number of hydrogen-bond acceptors (Lipinski definition) is 3. The second-order valence-electron chi connectivity index (χ2n) is 4.60. The lowest BCUT2D eigenvalue weighted by atomic mass is 10.0. The van der Waals surface area contributed by atoms with E-state index < -0.39 is 6.10 Å². The van der Waals surface area contributed by atoms with Crippen molar-refractivity contribution in [1.82, 2.24) is 5.32 Å². The Kier molecular flexibility index (Phi) is 5.62. The van der Waals surface area contributed by atoms with Crippen LogP contribution in [0.1, 0.15) is 29.7 Å². The van der Waals surface area contributed by atoms with Gasteiger partial charge in [-0.25, -0.2) is 0 Å². The quantitative estimate of drug-likeness (QED) is 0.794. The van der Waals surface area contributed by atoms with Crippen molar-refractivity contribution in [2.45, 2.75) is 32.9 Å². The number of methoxy groups -OCH3 is 1. The average molecular weight is 237 g/mol. The Bertz CT molecular complexity index is 352. The van der Waals surface area contributed by atoms with Gasteiger partial charge in [0.1, 0.15) is 0 Å². The van der Waals surface area contributed by atoms with E-state index >= 15 is 0 Å². The topological polar surface area (TPSA) is 41.5 Å². The van der Waals surface area contributed by atoms with Crippen molar-refractivity contribution in [3.8, 4) is 0 Å². The molecule has 0 saturated carbocycles. The highest BCUT2D eigenvalue weighted by molar-refractivity contribution is 5.32. The van der Waals surface area contributed by atoms with Crippen molar-refractivity contribution in [2.75, 3.05) is 20.3 Å². The maximum atomic E-state index is 9.57. The highest BCUT2D eigenvalue weighted by Gasteiger charge is 2.10. The van der Waals surface area contributed by atoms with Gasteiger partial charge in [-0.3, -0.25) is 0 Å². The van der Waals surface area contributed by atoms with Crippen molar-refractivity contribution >= 4 is 0 Å². The first-order chi connectivity index (χ1) is 8.04. The van der Waals surface area contributed by atoms with Gasteiger partial charge in [0.15, 0.2) is 0 Å². The van der Waals surface area contributed by atoms with E-state index in [9.17, 15) is 5.11 Å². The van der Waals surface area contributed by atoms with Gasteiger partial charge in [0.2, 0.25) is 0 Å². The molecule has 3 heteroatoms. The smallest absolute Gasteiger partial charge is 0.0897 e. The van der Waals surface area contributed by atoms with Gasteiger partial charge in [-0.15, -0.1) is 0 Å². The largest absolute Gasteiger partial charge is 0.389 e. The van der Waals surface area contributed by atoms with Crippen LogP contribution in [0.2, 0.25) is 0 Å². The number of aliphatic hydroxyl groups is 1. The molecule has 0 amide bonds. The third kappa shape index (κ3) is 4.46. The van der Waals surface area contributed by atoms with Gasteiger partial charge < -0.3 is 15.2 Å². The SMILES string of the molecule is COCC(O)CNC(C)c1ccc(C)cc1C. The van der Waals surface area contributed by atoms with E-state index in [0.29, 0.717) is 13.2 Å². The van der Waals surface area contributed by atoms with Crippen LogP contribution in [-0.4, -0.2) is 31.5 Å². The Morgan fingerprint density at radius 2 is 2.06 bits per heavy atom. The molecule has 96 valence electrons. The summed E-state index contributed by atoms with van der Waals surface area (Å²) in [5.41, 5.74) is 3.84. The molecule has 0 fully saturated rings. The summed E-state index contributed by atoms with van der Waals surface area (Å²) in [6, 6.07) is 6.68. The van der Waals surface area contributed by atoms with E-state index in [1.807, 2.05) is 0 Å². The van der Waals surface area contributed by atoms with Crippen molar-refractivity contribution in [2.24, 2.45) is 0 Å². The number of aryl methyl sites for hydroxylation is 2. The van der Waals surface area contributed by atoms with Crippen LogP contribution in [-0.2, 0) is 4.74 Å². The zero-order chi connectivity index (χ0) is 12.8. The highest BCUT2D eigenvalue weighted by Crippen LogP contribution is 2.18. The molecule has 3 nitrogen and oxygen atoms in total. The third-order valence-corrected chi connectivity index (χ3v) is 2.91. The van der Waals surface area contributed by atoms with E-state index in [-0.39, 0.29) is 6.04 Å². The van der Waals surface area contributed by atoms with Crippen LogP contribution in [0.4, 0.5) is 0 Å². The molecular weight excluding hydrogens is 214 g/mol. The molecule has 0 aliphatic carbocycles. The standard InChI is InChI=1S/C14H23NO2/c1-10-5-6-14(11(2)7-10)12(3)15-8-13(16)9-17-4/h5-7,12-13,15-16H,8-9H2,1-4H3. The summed E-state index contributed by atoms with van der Waals surface area (Å²) in [5, 5.41) is 12.9.